The molecule has 0 aromatic heterocycles. The van der Waals surface area contributed by atoms with Crippen molar-refractivity contribution >= 4 is 20.5 Å². The summed E-state index contributed by atoms with van der Waals surface area (Å²) >= 11 is 0. The predicted octanol–water partition coefficient (Wildman–Crippen LogP) is 2.96. The molecule has 0 unspecified atom stereocenters. The molecule has 0 radical (unpaired) electrons. The van der Waals surface area contributed by atoms with Gasteiger partial charge in [0.25, 0.3) is 0 Å². The Bertz CT molecular complexity index is 436. The molecular weight excluding hydrogens is 282 g/mol. The number of nitrogens with one attached hydrogen (secondary N) is 1. The van der Waals surface area contributed by atoms with Gasteiger partial charge in [0.2, 0.25) is 5.91 Å². The van der Waals surface area contributed by atoms with Crippen LogP contribution in [-0.2, 0) is 13.6 Å². The van der Waals surface area contributed by atoms with E-state index in [1.54, 1.807) is 20.3 Å². The molecule has 0 spiro atoms. The molecule has 1 amide bonds. The molecule has 4 nitrogen and oxygen atoms in total. The Morgan fingerprint density at radius 3 is 2.48 bits per heavy atom. The summed E-state index contributed by atoms with van der Waals surface area (Å²) in [5.41, 5.74) is 1.02. The summed E-state index contributed by atoms with van der Waals surface area (Å²) < 4.78 is 11.1. The Kier molecular flexibility index (Phi) is 7.96. The monoisotopic (exact) mass is 307 g/mol. The minimum atomic E-state index is -2.03. The summed E-state index contributed by atoms with van der Waals surface area (Å²) in [5.74, 6) is -0.0718. The third kappa shape index (κ3) is 6.24. The second-order valence-corrected chi connectivity index (χ2v) is 8.66. The molecule has 1 aromatic carbocycles. The summed E-state index contributed by atoms with van der Waals surface area (Å²) in [4.78, 5) is 11.7. The van der Waals surface area contributed by atoms with Crippen molar-refractivity contribution in [1.29, 1.82) is 0 Å². The Morgan fingerprint density at radius 1 is 1.24 bits per heavy atom. The SMILES string of the molecule is CC[Si](CCCNC(=O)/C=C/c1ccccc1)(OC)OC. The van der Waals surface area contributed by atoms with Crippen molar-refractivity contribution in [3.8, 4) is 0 Å². The van der Waals surface area contributed by atoms with Crippen LogP contribution in [0.15, 0.2) is 36.4 Å². The number of carbonyl (C=O) groups is 1. The third-order valence-corrected chi connectivity index (χ3v) is 7.22. The molecule has 0 saturated carbocycles. The van der Waals surface area contributed by atoms with E-state index >= 15 is 0 Å². The van der Waals surface area contributed by atoms with Crippen LogP contribution in [0, 0.1) is 0 Å². The average molecular weight is 307 g/mol. The van der Waals surface area contributed by atoms with Crippen molar-refractivity contribution in [2.75, 3.05) is 20.8 Å². The smallest absolute Gasteiger partial charge is 0.337 e. The zero-order valence-electron chi connectivity index (χ0n) is 13.1. The van der Waals surface area contributed by atoms with E-state index in [2.05, 4.69) is 12.2 Å². The lowest BCUT2D eigenvalue weighted by molar-refractivity contribution is -0.116. The topological polar surface area (TPSA) is 47.6 Å². The van der Waals surface area contributed by atoms with E-state index in [9.17, 15) is 4.79 Å². The Balaban J connectivity index is 2.29. The molecule has 0 aliphatic heterocycles. The van der Waals surface area contributed by atoms with Crippen LogP contribution in [0.2, 0.25) is 12.1 Å². The van der Waals surface area contributed by atoms with Gasteiger partial charge in [-0.15, -0.1) is 0 Å². The molecule has 5 heteroatoms. The first-order valence-corrected chi connectivity index (χ1v) is 9.50. The van der Waals surface area contributed by atoms with E-state index in [-0.39, 0.29) is 5.91 Å². The molecule has 0 saturated heterocycles. The van der Waals surface area contributed by atoms with Gasteiger partial charge in [0.15, 0.2) is 0 Å². The number of amides is 1. The van der Waals surface area contributed by atoms with Gasteiger partial charge in [-0.25, -0.2) is 0 Å². The lowest BCUT2D eigenvalue weighted by Crippen LogP contribution is -2.39. The first-order chi connectivity index (χ1) is 10.2. The fourth-order valence-corrected chi connectivity index (χ4v) is 4.34. The summed E-state index contributed by atoms with van der Waals surface area (Å²) in [6.45, 7) is 2.72. The van der Waals surface area contributed by atoms with Crippen LogP contribution >= 0.6 is 0 Å². The molecule has 1 N–H and O–H groups in total. The standard InChI is InChI=1S/C16H25NO3Si/c1-4-21(19-2,20-3)14-8-13-17-16(18)12-11-15-9-6-5-7-10-15/h5-7,9-12H,4,8,13-14H2,1-3H3,(H,17,18)/b12-11+. The largest absolute Gasteiger partial charge is 0.398 e. The second-order valence-electron chi connectivity index (χ2n) is 4.81. The maximum absolute atomic E-state index is 11.7. The second kappa shape index (κ2) is 9.49. The fraction of sp³-hybridized carbons (Fsp3) is 0.438. The van der Waals surface area contributed by atoms with Gasteiger partial charge in [0.1, 0.15) is 0 Å². The van der Waals surface area contributed by atoms with Crippen molar-refractivity contribution in [2.24, 2.45) is 0 Å². The maximum Gasteiger partial charge on any atom is 0.337 e. The quantitative estimate of drug-likeness (QED) is 0.433. The van der Waals surface area contributed by atoms with Gasteiger partial charge in [-0.3, -0.25) is 4.79 Å². The predicted molar refractivity (Wildman–Crippen MR) is 88.2 cm³/mol. The molecule has 116 valence electrons. The molecule has 0 fully saturated rings. The molecule has 0 atom stereocenters. The minimum Gasteiger partial charge on any atom is -0.398 e. The van der Waals surface area contributed by atoms with Crippen LogP contribution < -0.4 is 5.32 Å². The van der Waals surface area contributed by atoms with Crippen LogP contribution in [0.4, 0.5) is 0 Å². The van der Waals surface area contributed by atoms with Crippen molar-refractivity contribution in [2.45, 2.75) is 25.4 Å². The van der Waals surface area contributed by atoms with Crippen molar-refractivity contribution in [3.05, 3.63) is 42.0 Å². The summed E-state index contributed by atoms with van der Waals surface area (Å²) in [7, 11) is 1.39. The van der Waals surface area contributed by atoms with Crippen molar-refractivity contribution in [1.82, 2.24) is 5.32 Å². The third-order valence-electron chi connectivity index (χ3n) is 3.54. The lowest BCUT2D eigenvalue weighted by Gasteiger charge is -2.25. The molecule has 1 aromatic rings. The van der Waals surface area contributed by atoms with Gasteiger partial charge < -0.3 is 14.2 Å². The number of hydrogen-bond acceptors (Lipinski definition) is 3. The Labute approximate surface area is 128 Å². The number of carbonyl (C=O) groups excluding carboxylic acids is 1. The zero-order chi connectivity index (χ0) is 15.6. The zero-order valence-corrected chi connectivity index (χ0v) is 14.1. The summed E-state index contributed by atoms with van der Waals surface area (Å²) in [6, 6.07) is 11.6. The van der Waals surface area contributed by atoms with Crippen molar-refractivity contribution in [3.63, 3.8) is 0 Å². The van der Waals surface area contributed by atoms with Crippen LogP contribution in [0.3, 0.4) is 0 Å². The van der Waals surface area contributed by atoms with E-state index in [1.807, 2.05) is 36.4 Å². The molecule has 0 heterocycles. The molecule has 0 aliphatic carbocycles. The number of rotatable bonds is 9. The summed E-state index contributed by atoms with van der Waals surface area (Å²) in [5, 5.41) is 2.88. The van der Waals surface area contributed by atoms with E-state index in [1.165, 1.54) is 0 Å². The highest BCUT2D eigenvalue weighted by molar-refractivity contribution is 6.67. The first-order valence-electron chi connectivity index (χ1n) is 7.27. The van der Waals surface area contributed by atoms with Gasteiger partial charge in [0.05, 0.1) is 0 Å². The molecule has 0 aliphatic rings. The fourth-order valence-electron chi connectivity index (χ4n) is 2.12. The van der Waals surface area contributed by atoms with Gasteiger partial charge in [-0.1, -0.05) is 37.3 Å². The Morgan fingerprint density at radius 2 is 1.90 bits per heavy atom. The highest BCUT2D eigenvalue weighted by atomic mass is 28.4. The van der Waals surface area contributed by atoms with E-state index in [0.717, 1.165) is 24.1 Å². The first kappa shape index (κ1) is 17.6. The highest BCUT2D eigenvalue weighted by Gasteiger charge is 2.32. The van der Waals surface area contributed by atoms with Crippen molar-refractivity contribution < 1.29 is 13.6 Å². The van der Waals surface area contributed by atoms with Crippen LogP contribution in [0.5, 0.6) is 0 Å². The maximum atomic E-state index is 11.7. The van der Waals surface area contributed by atoms with Gasteiger partial charge in [-0.2, -0.15) is 0 Å². The highest BCUT2D eigenvalue weighted by Crippen LogP contribution is 2.18. The normalized spacial score (nSPS) is 11.8. The van der Waals surface area contributed by atoms with Crippen LogP contribution in [0.25, 0.3) is 6.08 Å². The average Bonchev–Trinajstić information content (AvgIpc) is 2.55. The molecular formula is C16H25NO3Si. The summed E-state index contributed by atoms with van der Waals surface area (Å²) in [6.07, 6.45) is 4.24. The van der Waals surface area contributed by atoms with E-state index in [0.29, 0.717) is 6.54 Å². The lowest BCUT2D eigenvalue weighted by atomic mass is 10.2. The molecule has 1 rings (SSSR count). The molecule has 0 bridgehead atoms. The van der Waals surface area contributed by atoms with Gasteiger partial charge >= 0.3 is 8.56 Å². The van der Waals surface area contributed by atoms with E-state index < -0.39 is 8.56 Å². The van der Waals surface area contributed by atoms with Gasteiger partial charge in [0, 0.05) is 26.8 Å². The van der Waals surface area contributed by atoms with Gasteiger partial charge in [-0.05, 0) is 30.1 Å². The minimum absolute atomic E-state index is 0.0718. The molecule has 21 heavy (non-hydrogen) atoms. The van der Waals surface area contributed by atoms with E-state index in [4.69, 9.17) is 8.85 Å². The number of benzene rings is 1. The Hall–Kier alpha value is -1.43. The van der Waals surface area contributed by atoms with Crippen LogP contribution in [0.1, 0.15) is 18.9 Å². The van der Waals surface area contributed by atoms with Crippen LogP contribution in [-0.4, -0.2) is 35.2 Å². The number of hydrogen-bond donors (Lipinski definition) is 1.